The Morgan fingerprint density at radius 1 is 1.32 bits per heavy atom. The van der Waals surface area contributed by atoms with Crippen molar-refractivity contribution < 1.29 is 4.39 Å². The highest BCUT2D eigenvalue weighted by Crippen LogP contribution is 2.63. The van der Waals surface area contributed by atoms with Crippen LogP contribution in [0.1, 0.15) is 45.7 Å². The minimum absolute atomic E-state index is 0.193. The first-order valence-electron chi connectivity index (χ1n) is 7.08. The summed E-state index contributed by atoms with van der Waals surface area (Å²) in [7, 11) is 0. The van der Waals surface area contributed by atoms with Gasteiger partial charge in [-0.3, -0.25) is 0 Å². The Morgan fingerprint density at radius 2 is 2.05 bits per heavy atom. The average Bonchev–Trinajstić information content (AvgIpc) is 2.81. The molecule has 3 atom stereocenters. The van der Waals surface area contributed by atoms with Gasteiger partial charge in [0.25, 0.3) is 0 Å². The molecule has 3 nitrogen and oxygen atoms in total. The van der Waals surface area contributed by atoms with Crippen molar-refractivity contribution in [3.05, 3.63) is 17.8 Å². The summed E-state index contributed by atoms with van der Waals surface area (Å²) in [6, 6.07) is 0.280. The molecule has 1 N–H and O–H groups in total. The lowest BCUT2D eigenvalue weighted by Crippen LogP contribution is -2.46. The second-order valence-corrected chi connectivity index (χ2v) is 7.11. The number of nitrogens with zero attached hydrogens (tertiary/aromatic N) is 2. The van der Waals surface area contributed by atoms with Crippen molar-refractivity contribution in [2.75, 3.05) is 5.32 Å². The second-order valence-electron chi connectivity index (χ2n) is 7.11. The van der Waals surface area contributed by atoms with E-state index < -0.39 is 0 Å². The molecule has 19 heavy (non-hydrogen) atoms. The predicted molar refractivity (Wildman–Crippen MR) is 73.4 cm³/mol. The van der Waals surface area contributed by atoms with Gasteiger partial charge in [0, 0.05) is 6.04 Å². The molecule has 0 aromatic carbocycles. The fourth-order valence-corrected chi connectivity index (χ4v) is 4.36. The summed E-state index contributed by atoms with van der Waals surface area (Å²) in [6.07, 6.45) is 5.20. The lowest BCUT2D eigenvalue weighted by molar-refractivity contribution is 0.155. The van der Waals surface area contributed by atoms with E-state index >= 15 is 0 Å². The third-order valence-electron chi connectivity index (χ3n) is 5.51. The van der Waals surface area contributed by atoms with Crippen LogP contribution in [0.25, 0.3) is 0 Å². The lowest BCUT2D eigenvalue weighted by Gasteiger charge is -2.43. The van der Waals surface area contributed by atoms with Gasteiger partial charge in [-0.1, -0.05) is 20.8 Å². The van der Waals surface area contributed by atoms with E-state index in [2.05, 4.69) is 36.1 Å². The first kappa shape index (κ1) is 12.8. The van der Waals surface area contributed by atoms with E-state index in [9.17, 15) is 4.39 Å². The number of anilines is 1. The average molecular weight is 263 g/mol. The van der Waals surface area contributed by atoms with Crippen LogP contribution in [0.4, 0.5) is 10.2 Å². The molecule has 2 aliphatic rings. The number of rotatable bonds is 2. The minimum atomic E-state index is -0.315. The SMILES string of the molecule is Cc1ncnc(NC2C3(C)CCC(C3)C2(C)C)c1F. The fourth-order valence-electron chi connectivity index (χ4n) is 4.36. The summed E-state index contributed by atoms with van der Waals surface area (Å²) in [5, 5.41) is 3.39. The van der Waals surface area contributed by atoms with Gasteiger partial charge >= 0.3 is 0 Å². The molecule has 4 heteroatoms. The lowest BCUT2D eigenvalue weighted by atomic mass is 9.68. The van der Waals surface area contributed by atoms with E-state index in [0.29, 0.717) is 11.5 Å². The minimum Gasteiger partial charge on any atom is -0.364 e. The summed E-state index contributed by atoms with van der Waals surface area (Å²) >= 11 is 0. The molecule has 2 fully saturated rings. The van der Waals surface area contributed by atoms with Crippen LogP contribution in [-0.2, 0) is 0 Å². The second kappa shape index (κ2) is 3.90. The quantitative estimate of drug-likeness (QED) is 0.886. The van der Waals surface area contributed by atoms with Gasteiger partial charge in [-0.05, 0) is 42.9 Å². The van der Waals surface area contributed by atoms with Crippen LogP contribution in [-0.4, -0.2) is 16.0 Å². The largest absolute Gasteiger partial charge is 0.364 e. The third-order valence-corrected chi connectivity index (χ3v) is 5.51. The maximum Gasteiger partial charge on any atom is 0.186 e. The molecule has 0 aliphatic heterocycles. The van der Waals surface area contributed by atoms with Crippen molar-refractivity contribution in [2.45, 2.75) is 53.0 Å². The monoisotopic (exact) mass is 263 g/mol. The van der Waals surface area contributed by atoms with Crippen molar-refractivity contribution in [1.29, 1.82) is 0 Å². The standard InChI is InChI=1S/C15H22FN3/c1-9-11(16)12(18-8-17-9)19-13-14(2,3)10-5-6-15(13,4)7-10/h8,10,13H,5-7H2,1-4H3,(H,17,18,19). The van der Waals surface area contributed by atoms with Gasteiger partial charge in [0.15, 0.2) is 11.6 Å². The normalized spacial score (nSPS) is 35.6. The fraction of sp³-hybridized carbons (Fsp3) is 0.733. The van der Waals surface area contributed by atoms with Crippen LogP contribution in [0.2, 0.25) is 0 Å². The third kappa shape index (κ3) is 1.76. The molecule has 0 amide bonds. The summed E-state index contributed by atoms with van der Waals surface area (Å²) in [5.74, 6) is 0.782. The Hall–Kier alpha value is -1.19. The smallest absolute Gasteiger partial charge is 0.186 e. The number of halogens is 1. The molecule has 1 heterocycles. The molecule has 0 saturated heterocycles. The van der Waals surface area contributed by atoms with Crippen molar-refractivity contribution in [3.8, 4) is 0 Å². The van der Waals surface area contributed by atoms with Gasteiger partial charge in [-0.15, -0.1) is 0 Å². The summed E-state index contributed by atoms with van der Waals surface area (Å²) in [5.41, 5.74) is 0.862. The highest BCUT2D eigenvalue weighted by molar-refractivity contribution is 5.40. The molecule has 1 aromatic rings. The van der Waals surface area contributed by atoms with E-state index in [1.165, 1.54) is 25.6 Å². The zero-order valence-electron chi connectivity index (χ0n) is 12.1. The van der Waals surface area contributed by atoms with Gasteiger partial charge in [0.05, 0.1) is 5.69 Å². The zero-order chi connectivity index (χ0) is 13.8. The molecule has 1 aromatic heterocycles. The Balaban J connectivity index is 1.93. The van der Waals surface area contributed by atoms with Crippen LogP contribution in [0.5, 0.6) is 0 Å². The Morgan fingerprint density at radius 3 is 2.68 bits per heavy atom. The molecule has 3 unspecified atom stereocenters. The van der Waals surface area contributed by atoms with E-state index in [4.69, 9.17) is 0 Å². The van der Waals surface area contributed by atoms with Gasteiger partial charge in [0.1, 0.15) is 6.33 Å². The summed E-state index contributed by atoms with van der Waals surface area (Å²) in [4.78, 5) is 7.98. The van der Waals surface area contributed by atoms with E-state index in [-0.39, 0.29) is 22.7 Å². The van der Waals surface area contributed by atoms with Crippen LogP contribution >= 0.6 is 0 Å². The highest BCUT2D eigenvalue weighted by atomic mass is 19.1. The van der Waals surface area contributed by atoms with Gasteiger partial charge in [0.2, 0.25) is 0 Å². The first-order chi connectivity index (χ1) is 8.84. The van der Waals surface area contributed by atoms with Crippen LogP contribution in [0, 0.1) is 29.5 Å². The van der Waals surface area contributed by atoms with E-state index in [1.54, 1.807) is 6.92 Å². The molecular formula is C15H22FN3. The summed E-state index contributed by atoms with van der Waals surface area (Å²) in [6.45, 7) is 8.60. The molecule has 104 valence electrons. The number of nitrogens with one attached hydrogen (secondary N) is 1. The maximum absolute atomic E-state index is 14.1. The number of aryl methyl sites for hydroxylation is 1. The molecule has 2 aliphatic carbocycles. The number of hydrogen-bond donors (Lipinski definition) is 1. The molecule has 2 saturated carbocycles. The van der Waals surface area contributed by atoms with E-state index in [0.717, 1.165) is 5.92 Å². The van der Waals surface area contributed by atoms with Crippen LogP contribution < -0.4 is 5.32 Å². The molecule has 0 radical (unpaired) electrons. The van der Waals surface area contributed by atoms with Crippen molar-refractivity contribution in [3.63, 3.8) is 0 Å². The number of hydrogen-bond acceptors (Lipinski definition) is 3. The topological polar surface area (TPSA) is 37.8 Å². The zero-order valence-corrected chi connectivity index (χ0v) is 12.1. The number of fused-ring (bicyclic) bond motifs is 2. The van der Waals surface area contributed by atoms with Gasteiger partial charge < -0.3 is 5.32 Å². The van der Waals surface area contributed by atoms with Crippen molar-refractivity contribution >= 4 is 5.82 Å². The maximum atomic E-state index is 14.1. The summed E-state index contributed by atoms with van der Waals surface area (Å²) < 4.78 is 14.1. The van der Waals surface area contributed by atoms with Crippen molar-refractivity contribution in [1.82, 2.24) is 9.97 Å². The Kier molecular flexibility index (Phi) is 2.63. The first-order valence-corrected chi connectivity index (χ1v) is 7.08. The van der Waals surface area contributed by atoms with E-state index in [1.807, 2.05) is 0 Å². The molecule has 3 rings (SSSR count). The van der Waals surface area contributed by atoms with Crippen LogP contribution in [0.3, 0.4) is 0 Å². The molecule has 2 bridgehead atoms. The molecular weight excluding hydrogens is 241 g/mol. The highest BCUT2D eigenvalue weighted by Gasteiger charge is 2.59. The Labute approximate surface area is 114 Å². The van der Waals surface area contributed by atoms with Crippen LogP contribution in [0.15, 0.2) is 6.33 Å². The van der Waals surface area contributed by atoms with Gasteiger partial charge in [-0.2, -0.15) is 0 Å². The molecule has 0 spiro atoms. The van der Waals surface area contributed by atoms with Gasteiger partial charge in [-0.25, -0.2) is 14.4 Å². The predicted octanol–water partition coefficient (Wildman–Crippen LogP) is 3.55. The number of aromatic nitrogens is 2. The Bertz CT molecular complexity index is 509. The van der Waals surface area contributed by atoms with Crippen molar-refractivity contribution in [2.24, 2.45) is 16.7 Å².